The second-order valence-corrected chi connectivity index (χ2v) is 5.12. The molecule has 2 rings (SSSR count). The van der Waals surface area contributed by atoms with Crippen molar-refractivity contribution in [2.24, 2.45) is 0 Å². The van der Waals surface area contributed by atoms with E-state index < -0.39 is 0 Å². The second kappa shape index (κ2) is 8.53. The van der Waals surface area contributed by atoms with Crippen LogP contribution in [-0.2, 0) is 12.8 Å². The highest BCUT2D eigenvalue weighted by Crippen LogP contribution is 2.03. The van der Waals surface area contributed by atoms with E-state index in [0.717, 1.165) is 50.4 Å². The van der Waals surface area contributed by atoms with Gasteiger partial charge in [-0.15, -0.1) is 0 Å². The monoisotopic (exact) mass is 275 g/mol. The largest absolute Gasteiger partial charge is 0.349 e. The number of aryl methyl sites for hydroxylation is 2. The van der Waals surface area contributed by atoms with Gasteiger partial charge in [-0.1, -0.05) is 6.92 Å². The summed E-state index contributed by atoms with van der Waals surface area (Å²) in [5.41, 5.74) is 0. The van der Waals surface area contributed by atoms with Crippen LogP contribution in [0.3, 0.4) is 0 Å². The van der Waals surface area contributed by atoms with E-state index in [2.05, 4.69) is 31.8 Å². The van der Waals surface area contributed by atoms with Gasteiger partial charge in [0, 0.05) is 37.6 Å². The lowest BCUT2D eigenvalue weighted by Crippen LogP contribution is -2.27. The van der Waals surface area contributed by atoms with E-state index in [1.807, 2.05) is 24.8 Å². The fourth-order valence-corrected chi connectivity index (χ4v) is 2.46. The van der Waals surface area contributed by atoms with Crippen LogP contribution in [0.25, 0.3) is 0 Å². The molecule has 0 amide bonds. The Hall–Kier alpha value is -1.62. The zero-order valence-electron chi connectivity index (χ0n) is 12.3. The number of nitrogens with one attached hydrogen (secondary N) is 2. The molecule has 0 fully saturated rings. The summed E-state index contributed by atoms with van der Waals surface area (Å²) >= 11 is 0. The van der Waals surface area contributed by atoms with Gasteiger partial charge in [-0.25, -0.2) is 9.97 Å². The molecule has 5 heteroatoms. The molecule has 0 saturated heterocycles. The molecule has 2 aromatic rings. The molecule has 2 aromatic heterocycles. The van der Waals surface area contributed by atoms with Crippen molar-refractivity contribution in [2.75, 3.05) is 19.6 Å². The first-order valence-electron chi connectivity index (χ1n) is 7.57. The number of hydrogen-bond donors (Lipinski definition) is 2. The molecule has 5 nitrogen and oxygen atoms in total. The summed E-state index contributed by atoms with van der Waals surface area (Å²) in [4.78, 5) is 17.4. The van der Waals surface area contributed by atoms with Crippen molar-refractivity contribution in [3.05, 3.63) is 36.4 Å². The van der Waals surface area contributed by atoms with Crippen molar-refractivity contribution in [3.63, 3.8) is 0 Å². The lowest BCUT2D eigenvalue weighted by atomic mass is 10.2. The van der Waals surface area contributed by atoms with Crippen molar-refractivity contribution in [2.45, 2.75) is 39.0 Å². The Morgan fingerprint density at radius 3 is 1.85 bits per heavy atom. The van der Waals surface area contributed by atoms with E-state index in [4.69, 9.17) is 0 Å². The maximum atomic E-state index is 4.27. The average molecular weight is 275 g/mol. The Bertz CT molecular complexity index is 395. The van der Waals surface area contributed by atoms with Gasteiger partial charge in [-0.05, 0) is 38.9 Å². The molecule has 0 saturated carbocycles. The smallest absolute Gasteiger partial charge is 0.106 e. The molecule has 0 aromatic carbocycles. The zero-order chi connectivity index (χ0) is 14.0. The van der Waals surface area contributed by atoms with Crippen LogP contribution in [0.2, 0.25) is 0 Å². The molecule has 0 bridgehead atoms. The third kappa shape index (κ3) is 5.17. The van der Waals surface area contributed by atoms with E-state index in [1.54, 1.807) is 0 Å². The minimum atomic E-state index is 1.03. The van der Waals surface area contributed by atoms with E-state index in [1.165, 1.54) is 13.0 Å². The van der Waals surface area contributed by atoms with E-state index in [-0.39, 0.29) is 0 Å². The third-order valence-corrected chi connectivity index (χ3v) is 3.43. The van der Waals surface area contributed by atoms with Crippen LogP contribution in [0.5, 0.6) is 0 Å². The van der Waals surface area contributed by atoms with Gasteiger partial charge >= 0.3 is 0 Å². The standard InChI is InChI=1S/C15H25N5/c1-2-11-20(12-3-5-14-16-7-8-17-14)13-4-6-15-18-9-10-19-15/h7-10H,2-6,11-13H2,1H3,(H,16,17)(H,18,19). The van der Waals surface area contributed by atoms with Crippen LogP contribution in [0.15, 0.2) is 24.8 Å². The third-order valence-electron chi connectivity index (χ3n) is 3.43. The normalized spacial score (nSPS) is 11.3. The minimum absolute atomic E-state index is 1.03. The van der Waals surface area contributed by atoms with Crippen LogP contribution < -0.4 is 0 Å². The van der Waals surface area contributed by atoms with E-state index in [9.17, 15) is 0 Å². The molecule has 2 heterocycles. The number of nitrogens with zero attached hydrogens (tertiary/aromatic N) is 3. The first-order valence-corrected chi connectivity index (χ1v) is 7.57. The van der Waals surface area contributed by atoms with Gasteiger partial charge in [0.2, 0.25) is 0 Å². The van der Waals surface area contributed by atoms with Crippen LogP contribution in [0.4, 0.5) is 0 Å². The van der Waals surface area contributed by atoms with E-state index in [0.29, 0.717) is 0 Å². The van der Waals surface area contributed by atoms with Crippen LogP contribution >= 0.6 is 0 Å². The minimum Gasteiger partial charge on any atom is -0.349 e. The molecular formula is C15H25N5. The van der Waals surface area contributed by atoms with Gasteiger partial charge in [-0.3, -0.25) is 0 Å². The second-order valence-electron chi connectivity index (χ2n) is 5.12. The quantitative estimate of drug-likeness (QED) is 0.700. The van der Waals surface area contributed by atoms with Crippen LogP contribution in [0, 0.1) is 0 Å². The van der Waals surface area contributed by atoms with Crippen molar-refractivity contribution < 1.29 is 0 Å². The molecule has 0 atom stereocenters. The first kappa shape index (κ1) is 14.8. The Morgan fingerprint density at radius 1 is 0.900 bits per heavy atom. The molecule has 20 heavy (non-hydrogen) atoms. The molecule has 0 radical (unpaired) electrons. The fourth-order valence-electron chi connectivity index (χ4n) is 2.46. The maximum Gasteiger partial charge on any atom is 0.106 e. The average Bonchev–Trinajstić information content (AvgIpc) is 3.11. The number of H-pyrrole nitrogens is 2. The summed E-state index contributed by atoms with van der Waals surface area (Å²) in [6.45, 7) is 5.71. The Morgan fingerprint density at radius 2 is 1.45 bits per heavy atom. The first-order chi connectivity index (χ1) is 9.88. The van der Waals surface area contributed by atoms with Crippen molar-refractivity contribution in [1.29, 1.82) is 0 Å². The Kier molecular flexibility index (Phi) is 6.31. The van der Waals surface area contributed by atoms with Crippen LogP contribution in [-0.4, -0.2) is 44.5 Å². The summed E-state index contributed by atoms with van der Waals surface area (Å²) in [7, 11) is 0. The number of imidazole rings is 2. The van der Waals surface area contributed by atoms with Crippen molar-refractivity contribution >= 4 is 0 Å². The molecule has 0 spiro atoms. The Labute approximate surface area is 120 Å². The molecule has 0 aliphatic rings. The molecule has 0 aliphatic carbocycles. The van der Waals surface area contributed by atoms with Gasteiger partial charge in [-0.2, -0.15) is 0 Å². The Balaban J connectivity index is 1.64. The van der Waals surface area contributed by atoms with Gasteiger partial charge in [0.05, 0.1) is 0 Å². The predicted octanol–water partition coefficient (Wildman–Crippen LogP) is 2.41. The van der Waals surface area contributed by atoms with Gasteiger partial charge in [0.25, 0.3) is 0 Å². The molecule has 110 valence electrons. The SMILES string of the molecule is CCCN(CCCc1ncc[nH]1)CCCc1ncc[nH]1. The number of aromatic amines is 2. The summed E-state index contributed by atoms with van der Waals surface area (Å²) < 4.78 is 0. The van der Waals surface area contributed by atoms with E-state index >= 15 is 0 Å². The molecule has 2 N–H and O–H groups in total. The molecule has 0 aliphatic heterocycles. The van der Waals surface area contributed by atoms with Gasteiger partial charge in [0.15, 0.2) is 0 Å². The predicted molar refractivity (Wildman–Crippen MR) is 80.5 cm³/mol. The summed E-state index contributed by atoms with van der Waals surface area (Å²) in [5.74, 6) is 2.19. The highest BCUT2D eigenvalue weighted by atomic mass is 15.1. The lowest BCUT2D eigenvalue weighted by Gasteiger charge is -2.21. The summed E-state index contributed by atoms with van der Waals surface area (Å²) in [5, 5.41) is 0. The zero-order valence-corrected chi connectivity index (χ0v) is 12.3. The highest BCUT2D eigenvalue weighted by molar-refractivity contribution is 4.88. The van der Waals surface area contributed by atoms with Gasteiger partial charge in [0.1, 0.15) is 11.6 Å². The summed E-state index contributed by atoms with van der Waals surface area (Å²) in [6.07, 6.45) is 13.0. The molecule has 0 unspecified atom stereocenters. The lowest BCUT2D eigenvalue weighted by molar-refractivity contribution is 0.266. The molecular weight excluding hydrogens is 250 g/mol. The van der Waals surface area contributed by atoms with Crippen molar-refractivity contribution in [1.82, 2.24) is 24.8 Å². The highest BCUT2D eigenvalue weighted by Gasteiger charge is 2.05. The summed E-state index contributed by atoms with van der Waals surface area (Å²) in [6, 6.07) is 0. The topological polar surface area (TPSA) is 60.6 Å². The van der Waals surface area contributed by atoms with Crippen LogP contribution in [0.1, 0.15) is 37.8 Å². The number of rotatable bonds is 10. The number of aromatic nitrogens is 4. The maximum absolute atomic E-state index is 4.27. The van der Waals surface area contributed by atoms with Crippen molar-refractivity contribution in [3.8, 4) is 0 Å². The number of hydrogen-bond acceptors (Lipinski definition) is 3. The van der Waals surface area contributed by atoms with Gasteiger partial charge < -0.3 is 14.9 Å². The fraction of sp³-hybridized carbons (Fsp3) is 0.600.